The largest absolute Gasteiger partial charge is 0.347 e. The van der Waals surface area contributed by atoms with Gasteiger partial charge in [-0.15, -0.1) is 11.7 Å². The van der Waals surface area contributed by atoms with Gasteiger partial charge in [-0.2, -0.15) is 0 Å². The van der Waals surface area contributed by atoms with Gasteiger partial charge in [-0.05, 0) is 18.8 Å². The molecule has 0 unspecified atom stereocenters. The van der Waals surface area contributed by atoms with E-state index in [9.17, 15) is 4.79 Å². The van der Waals surface area contributed by atoms with Gasteiger partial charge in [-0.1, -0.05) is 17.7 Å². The van der Waals surface area contributed by atoms with Crippen molar-refractivity contribution in [3.63, 3.8) is 0 Å². The average molecular weight is 220 g/mol. The first-order valence-corrected chi connectivity index (χ1v) is 5.59. The highest BCUT2D eigenvalue weighted by Crippen LogP contribution is 2.27. The first-order chi connectivity index (χ1) is 7.79. The van der Waals surface area contributed by atoms with Gasteiger partial charge in [0.05, 0.1) is 6.20 Å². The Bertz CT molecular complexity index is 381. The molecule has 1 heterocycles. The zero-order valence-corrected chi connectivity index (χ0v) is 9.22. The van der Waals surface area contributed by atoms with Gasteiger partial charge in [0.25, 0.3) is 5.91 Å². The van der Waals surface area contributed by atoms with E-state index in [0.29, 0.717) is 18.2 Å². The van der Waals surface area contributed by atoms with Crippen LogP contribution in [0, 0.1) is 5.92 Å². The first kappa shape index (κ1) is 10.9. The van der Waals surface area contributed by atoms with E-state index in [4.69, 9.17) is 0 Å². The summed E-state index contributed by atoms with van der Waals surface area (Å²) in [6.07, 6.45) is 7.18. The van der Waals surface area contributed by atoms with Gasteiger partial charge in [-0.3, -0.25) is 9.48 Å². The van der Waals surface area contributed by atoms with E-state index in [0.717, 1.165) is 6.54 Å². The van der Waals surface area contributed by atoms with Crippen LogP contribution in [-0.4, -0.2) is 27.4 Å². The van der Waals surface area contributed by atoms with Crippen LogP contribution in [-0.2, 0) is 6.54 Å². The van der Waals surface area contributed by atoms with Crippen LogP contribution in [0.15, 0.2) is 18.9 Å². The fraction of sp³-hybridized carbons (Fsp3) is 0.545. The van der Waals surface area contributed by atoms with Crippen molar-refractivity contribution in [3.8, 4) is 0 Å². The fourth-order valence-electron chi connectivity index (χ4n) is 1.69. The summed E-state index contributed by atoms with van der Waals surface area (Å²) in [5.74, 6) is 0.519. The maximum Gasteiger partial charge on any atom is 0.273 e. The topological polar surface area (TPSA) is 59.8 Å². The lowest BCUT2D eigenvalue weighted by atomic mass is 9.85. The Hall–Kier alpha value is -1.65. The lowest BCUT2D eigenvalue weighted by Gasteiger charge is -2.24. The molecule has 0 aromatic carbocycles. The van der Waals surface area contributed by atoms with Crippen molar-refractivity contribution >= 4 is 5.91 Å². The summed E-state index contributed by atoms with van der Waals surface area (Å²) in [6.45, 7) is 4.86. The van der Waals surface area contributed by atoms with E-state index in [2.05, 4.69) is 22.2 Å². The molecule has 0 bridgehead atoms. The Morgan fingerprint density at radius 1 is 1.69 bits per heavy atom. The van der Waals surface area contributed by atoms with E-state index in [1.54, 1.807) is 17.0 Å². The van der Waals surface area contributed by atoms with Crippen LogP contribution in [0.2, 0.25) is 0 Å². The maximum absolute atomic E-state index is 11.5. The SMILES string of the molecule is C=CCNC(=O)c1cn(CC2CCC2)nn1. The predicted molar refractivity (Wildman–Crippen MR) is 59.9 cm³/mol. The highest BCUT2D eigenvalue weighted by atomic mass is 16.1. The summed E-state index contributed by atoms with van der Waals surface area (Å²) in [5, 5.41) is 10.5. The number of nitrogens with zero attached hydrogens (tertiary/aromatic N) is 3. The molecule has 1 aliphatic rings. The second-order valence-electron chi connectivity index (χ2n) is 4.12. The second kappa shape index (κ2) is 4.92. The van der Waals surface area contributed by atoms with E-state index in [-0.39, 0.29) is 5.91 Å². The molecule has 86 valence electrons. The Balaban J connectivity index is 1.90. The molecule has 1 aromatic heterocycles. The average Bonchev–Trinajstić information content (AvgIpc) is 2.68. The van der Waals surface area contributed by atoms with Crippen molar-refractivity contribution in [2.45, 2.75) is 25.8 Å². The summed E-state index contributed by atoms with van der Waals surface area (Å²) in [7, 11) is 0. The van der Waals surface area contributed by atoms with Crippen LogP contribution in [0.4, 0.5) is 0 Å². The summed E-state index contributed by atoms with van der Waals surface area (Å²) in [4.78, 5) is 11.5. The molecule has 16 heavy (non-hydrogen) atoms. The third-order valence-corrected chi connectivity index (χ3v) is 2.85. The minimum atomic E-state index is -0.195. The molecule has 1 saturated carbocycles. The minimum absolute atomic E-state index is 0.195. The summed E-state index contributed by atoms with van der Waals surface area (Å²) < 4.78 is 1.76. The number of hydrogen-bond donors (Lipinski definition) is 1. The minimum Gasteiger partial charge on any atom is -0.347 e. The molecule has 5 nitrogen and oxygen atoms in total. The summed E-state index contributed by atoms with van der Waals surface area (Å²) in [5.41, 5.74) is 0.376. The van der Waals surface area contributed by atoms with Crippen molar-refractivity contribution in [2.75, 3.05) is 6.54 Å². The van der Waals surface area contributed by atoms with Crippen molar-refractivity contribution in [3.05, 3.63) is 24.5 Å². The van der Waals surface area contributed by atoms with Crippen molar-refractivity contribution in [2.24, 2.45) is 5.92 Å². The van der Waals surface area contributed by atoms with Crippen LogP contribution >= 0.6 is 0 Å². The van der Waals surface area contributed by atoms with E-state index in [1.165, 1.54) is 19.3 Å². The van der Waals surface area contributed by atoms with Gasteiger partial charge in [0.15, 0.2) is 5.69 Å². The van der Waals surface area contributed by atoms with Crippen LogP contribution < -0.4 is 5.32 Å². The molecule has 5 heteroatoms. The third kappa shape index (κ3) is 2.48. The van der Waals surface area contributed by atoms with Crippen LogP contribution in [0.3, 0.4) is 0 Å². The highest BCUT2D eigenvalue weighted by Gasteiger charge is 2.19. The quantitative estimate of drug-likeness (QED) is 0.753. The van der Waals surface area contributed by atoms with Gasteiger partial charge in [0, 0.05) is 13.1 Å². The molecular weight excluding hydrogens is 204 g/mol. The predicted octanol–water partition coefficient (Wildman–Crippen LogP) is 0.994. The molecule has 0 aliphatic heterocycles. The molecule has 1 aromatic rings. The summed E-state index contributed by atoms with van der Waals surface area (Å²) in [6, 6.07) is 0. The lowest BCUT2D eigenvalue weighted by Crippen LogP contribution is -2.23. The van der Waals surface area contributed by atoms with Crippen LogP contribution in [0.25, 0.3) is 0 Å². The van der Waals surface area contributed by atoms with E-state index >= 15 is 0 Å². The first-order valence-electron chi connectivity index (χ1n) is 5.59. The molecule has 1 aliphatic carbocycles. The zero-order valence-electron chi connectivity index (χ0n) is 9.22. The van der Waals surface area contributed by atoms with Gasteiger partial charge in [0.1, 0.15) is 0 Å². The molecule has 1 fully saturated rings. The number of nitrogens with one attached hydrogen (secondary N) is 1. The molecule has 0 spiro atoms. The second-order valence-corrected chi connectivity index (χ2v) is 4.12. The van der Waals surface area contributed by atoms with Crippen molar-refractivity contribution < 1.29 is 4.79 Å². The van der Waals surface area contributed by atoms with E-state index < -0.39 is 0 Å². The molecule has 0 radical (unpaired) electrons. The molecule has 0 saturated heterocycles. The molecular formula is C11H16N4O. The Labute approximate surface area is 94.5 Å². The fourth-order valence-corrected chi connectivity index (χ4v) is 1.69. The number of hydrogen-bond acceptors (Lipinski definition) is 3. The van der Waals surface area contributed by atoms with Gasteiger partial charge in [-0.25, -0.2) is 0 Å². The van der Waals surface area contributed by atoms with E-state index in [1.807, 2.05) is 0 Å². The van der Waals surface area contributed by atoms with Gasteiger partial charge < -0.3 is 5.32 Å². The smallest absolute Gasteiger partial charge is 0.273 e. The lowest BCUT2D eigenvalue weighted by molar-refractivity contribution is 0.0953. The number of amides is 1. The number of rotatable bonds is 5. The zero-order chi connectivity index (χ0) is 11.4. The normalized spacial score (nSPS) is 15.5. The monoisotopic (exact) mass is 220 g/mol. The van der Waals surface area contributed by atoms with Crippen molar-refractivity contribution in [1.29, 1.82) is 0 Å². The molecule has 2 rings (SSSR count). The highest BCUT2D eigenvalue weighted by molar-refractivity contribution is 5.91. The third-order valence-electron chi connectivity index (χ3n) is 2.85. The number of aromatic nitrogens is 3. The number of carbonyl (C=O) groups excluding carboxylic acids is 1. The molecule has 1 amide bonds. The Morgan fingerprint density at radius 2 is 2.50 bits per heavy atom. The van der Waals surface area contributed by atoms with Crippen LogP contribution in [0.5, 0.6) is 0 Å². The molecule has 1 N–H and O–H groups in total. The Morgan fingerprint density at radius 3 is 3.12 bits per heavy atom. The van der Waals surface area contributed by atoms with Gasteiger partial charge >= 0.3 is 0 Å². The Kier molecular flexibility index (Phi) is 3.34. The van der Waals surface area contributed by atoms with Gasteiger partial charge in [0.2, 0.25) is 0 Å². The van der Waals surface area contributed by atoms with Crippen molar-refractivity contribution in [1.82, 2.24) is 20.3 Å². The summed E-state index contributed by atoms with van der Waals surface area (Å²) >= 11 is 0. The maximum atomic E-state index is 11.5. The standard InChI is InChI=1S/C11H16N4O/c1-2-6-12-11(16)10-8-15(14-13-10)7-9-4-3-5-9/h2,8-9H,1,3-7H2,(H,12,16). The number of carbonyl (C=O) groups is 1. The van der Waals surface area contributed by atoms with Crippen LogP contribution in [0.1, 0.15) is 29.8 Å². The molecule has 0 atom stereocenters.